The number of fused-ring (bicyclic) bond motifs is 1. The van der Waals surface area contributed by atoms with Gasteiger partial charge in [0.1, 0.15) is 9.71 Å². The van der Waals surface area contributed by atoms with Crippen LogP contribution in [0.25, 0.3) is 10.2 Å². The highest BCUT2D eigenvalue weighted by molar-refractivity contribution is 7.18. The van der Waals surface area contributed by atoms with Gasteiger partial charge in [0.2, 0.25) is 0 Å². The summed E-state index contributed by atoms with van der Waals surface area (Å²) in [4.78, 5) is 38.3. The Labute approximate surface area is 170 Å². The molecule has 0 unspecified atom stereocenters. The summed E-state index contributed by atoms with van der Waals surface area (Å²) in [6, 6.07) is 0. The molecule has 3 aromatic rings. The number of nitrogens with zero attached hydrogens (tertiary/aromatic N) is 4. The predicted octanol–water partition coefficient (Wildman–Crippen LogP) is 2.51. The first-order valence-electron chi connectivity index (χ1n) is 9.16. The Kier molecular flexibility index (Phi) is 4.84. The lowest BCUT2D eigenvalue weighted by atomic mass is 9.91. The zero-order valence-corrected chi connectivity index (χ0v) is 17.7. The zero-order valence-electron chi connectivity index (χ0n) is 16.1. The summed E-state index contributed by atoms with van der Waals surface area (Å²) in [7, 11) is 0. The molecule has 4 heterocycles. The summed E-state index contributed by atoms with van der Waals surface area (Å²) in [5.74, 6) is -0.0355. The van der Waals surface area contributed by atoms with E-state index in [1.54, 1.807) is 10.4 Å². The first-order chi connectivity index (χ1) is 13.3. The molecule has 0 aromatic carbocycles. The van der Waals surface area contributed by atoms with E-state index in [9.17, 15) is 14.7 Å². The van der Waals surface area contributed by atoms with Crippen molar-refractivity contribution < 1.29 is 9.90 Å². The number of hydrogen-bond acceptors (Lipinski definition) is 7. The molecular weight excluding hydrogens is 396 g/mol. The number of piperidine rings is 1. The summed E-state index contributed by atoms with van der Waals surface area (Å²) in [5, 5.41) is 11.7. The van der Waals surface area contributed by atoms with Crippen molar-refractivity contribution in [1.29, 1.82) is 0 Å². The van der Waals surface area contributed by atoms with Crippen LogP contribution in [0.15, 0.2) is 16.6 Å². The number of thiophene rings is 1. The van der Waals surface area contributed by atoms with E-state index in [1.165, 1.54) is 33.6 Å². The first-order valence-corrected chi connectivity index (χ1v) is 10.9. The number of rotatable bonds is 3. The Morgan fingerprint density at radius 3 is 2.61 bits per heavy atom. The van der Waals surface area contributed by atoms with E-state index in [1.807, 2.05) is 20.8 Å². The Balaban J connectivity index is 1.51. The molecule has 1 N–H and O–H groups in total. The van der Waals surface area contributed by atoms with Crippen molar-refractivity contribution in [2.24, 2.45) is 0 Å². The van der Waals surface area contributed by atoms with Crippen LogP contribution >= 0.6 is 22.7 Å². The molecule has 0 radical (unpaired) electrons. The van der Waals surface area contributed by atoms with Gasteiger partial charge in [-0.2, -0.15) is 0 Å². The van der Waals surface area contributed by atoms with Crippen LogP contribution in [0.1, 0.15) is 38.6 Å². The van der Waals surface area contributed by atoms with Crippen molar-refractivity contribution in [3.63, 3.8) is 0 Å². The van der Waals surface area contributed by atoms with Crippen LogP contribution in [0.4, 0.5) is 0 Å². The van der Waals surface area contributed by atoms with Gasteiger partial charge in [0.25, 0.3) is 11.5 Å². The van der Waals surface area contributed by atoms with Crippen molar-refractivity contribution in [3.8, 4) is 0 Å². The molecule has 4 rings (SSSR count). The molecule has 28 heavy (non-hydrogen) atoms. The number of likely N-dealkylation sites (tertiary alicyclic amines) is 1. The monoisotopic (exact) mass is 418 g/mol. The van der Waals surface area contributed by atoms with Crippen molar-refractivity contribution >= 4 is 38.8 Å². The second-order valence-corrected chi connectivity index (χ2v) is 9.48. The number of carbonyl (C=O) groups is 1. The molecule has 0 spiro atoms. The quantitative estimate of drug-likeness (QED) is 0.706. The number of hydrogen-bond donors (Lipinski definition) is 1. The van der Waals surface area contributed by atoms with Gasteiger partial charge in [0.15, 0.2) is 0 Å². The fraction of sp³-hybridized carbons (Fsp3) is 0.474. The maximum absolute atomic E-state index is 12.9. The van der Waals surface area contributed by atoms with Crippen LogP contribution < -0.4 is 5.56 Å². The second-order valence-electron chi connectivity index (χ2n) is 7.42. The van der Waals surface area contributed by atoms with Crippen molar-refractivity contribution in [3.05, 3.63) is 43.2 Å². The molecule has 7 nitrogen and oxygen atoms in total. The van der Waals surface area contributed by atoms with E-state index in [0.29, 0.717) is 36.2 Å². The number of aryl methyl sites for hydroxylation is 3. The smallest absolute Gasteiger partial charge is 0.265 e. The average Bonchev–Trinajstić information content (AvgIpc) is 3.21. The minimum absolute atomic E-state index is 0.0355. The van der Waals surface area contributed by atoms with Gasteiger partial charge in [-0.3, -0.25) is 14.2 Å². The maximum Gasteiger partial charge on any atom is 0.265 e. The highest BCUT2D eigenvalue weighted by Gasteiger charge is 2.35. The average molecular weight is 419 g/mol. The van der Waals surface area contributed by atoms with Gasteiger partial charge in [-0.05, 0) is 39.2 Å². The van der Waals surface area contributed by atoms with Crippen LogP contribution in [0, 0.1) is 20.8 Å². The molecule has 1 saturated heterocycles. The van der Waals surface area contributed by atoms with E-state index >= 15 is 0 Å². The van der Waals surface area contributed by atoms with Crippen LogP contribution in [-0.2, 0) is 6.54 Å². The number of thiazole rings is 1. The third-order valence-corrected chi connectivity index (χ3v) is 7.57. The Hall–Kier alpha value is -2.10. The largest absolute Gasteiger partial charge is 0.388 e. The van der Waals surface area contributed by atoms with Crippen LogP contribution in [-0.4, -0.2) is 49.1 Å². The molecule has 1 fully saturated rings. The minimum atomic E-state index is -1.03. The Morgan fingerprint density at radius 2 is 1.96 bits per heavy atom. The topological polar surface area (TPSA) is 88.3 Å². The van der Waals surface area contributed by atoms with Gasteiger partial charge in [0, 0.05) is 18.0 Å². The highest BCUT2D eigenvalue weighted by Crippen LogP contribution is 2.28. The number of aromatic nitrogens is 3. The third-order valence-electron chi connectivity index (χ3n) is 5.54. The van der Waals surface area contributed by atoms with Gasteiger partial charge in [-0.25, -0.2) is 9.97 Å². The Morgan fingerprint density at radius 1 is 1.25 bits per heavy atom. The second kappa shape index (κ2) is 7.06. The van der Waals surface area contributed by atoms with Gasteiger partial charge in [-0.1, -0.05) is 0 Å². The maximum atomic E-state index is 12.9. The first kappa shape index (κ1) is 19.2. The summed E-state index contributed by atoms with van der Waals surface area (Å²) < 4.78 is 1.51. The fourth-order valence-corrected chi connectivity index (χ4v) is 5.39. The number of amides is 1. The standard InChI is InChI=1S/C19H22N4O3S2/c1-11-13(3)28-16-14(11)17(24)23(9-20-16)8-19(26)4-6-22(7-5-19)18(25)15-12(2)21-10-27-15/h9-10,26H,4-8H2,1-3H3. The van der Waals surface area contributed by atoms with E-state index in [4.69, 9.17) is 0 Å². The SMILES string of the molecule is Cc1ncsc1C(=O)N1CCC(O)(Cn2cnc3sc(C)c(C)c3c2=O)CC1. The molecule has 148 valence electrons. The van der Waals surface area contributed by atoms with Gasteiger partial charge in [-0.15, -0.1) is 22.7 Å². The van der Waals surface area contributed by atoms with Gasteiger partial charge in [0.05, 0.1) is 35.1 Å². The van der Waals surface area contributed by atoms with Crippen LogP contribution in [0.2, 0.25) is 0 Å². The fourth-order valence-electron chi connectivity index (χ4n) is 3.63. The molecule has 0 atom stereocenters. The van der Waals surface area contributed by atoms with Gasteiger partial charge < -0.3 is 10.0 Å². The van der Waals surface area contributed by atoms with E-state index in [0.717, 1.165) is 21.0 Å². The lowest BCUT2D eigenvalue weighted by molar-refractivity contribution is -0.0298. The van der Waals surface area contributed by atoms with Crippen LogP contribution in [0.3, 0.4) is 0 Å². The van der Waals surface area contributed by atoms with Crippen LogP contribution in [0.5, 0.6) is 0 Å². The summed E-state index contributed by atoms with van der Waals surface area (Å²) in [5.41, 5.74) is 2.23. The van der Waals surface area contributed by atoms with Crippen molar-refractivity contribution in [2.75, 3.05) is 13.1 Å². The molecule has 9 heteroatoms. The van der Waals surface area contributed by atoms with E-state index < -0.39 is 5.60 Å². The predicted molar refractivity (Wildman–Crippen MR) is 110 cm³/mol. The lowest BCUT2D eigenvalue weighted by Crippen LogP contribution is -2.49. The zero-order chi connectivity index (χ0) is 20.1. The molecule has 1 aliphatic heterocycles. The molecule has 3 aromatic heterocycles. The van der Waals surface area contributed by atoms with E-state index in [-0.39, 0.29) is 18.0 Å². The highest BCUT2D eigenvalue weighted by atomic mass is 32.1. The number of aliphatic hydroxyl groups is 1. The molecule has 1 aliphatic rings. The summed E-state index contributed by atoms with van der Waals surface area (Å²) in [6.45, 7) is 6.83. The molecular formula is C19H22N4O3S2. The Bertz CT molecular complexity index is 1110. The van der Waals surface area contributed by atoms with Crippen molar-refractivity contribution in [1.82, 2.24) is 19.4 Å². The molecule has 0 bridgehead atoms. The third kappa shape index (κ3) is 3.27. The number of carbonyl (C=O) groups excluding carboxylic acids is 1. The van der Waals surface area contributed by atoms with Crippen molar-refractivity contribution in [2.45, 2.75) is 45.8 Å². The molecule has 0 aliphatic carbocycles. The minimum Gasteiger partial charge on any atom is -0.388 e. The summed E-state index contributed by atoms with van der Waals surface area (Å²) >= 11 is 2.86. The normalized spacial score (nSPS) is 16.6. The van der Waals surface area contributed by atoms with Gasteiger partial charge >= 0.3 is 0 Å². The lowest BCUT2D eigenvalue weighted by Gasteiger charge is -2.38. The molecule has 1 amide bonds. The molecule has 0 saturated carbocycles. The summed E-state index contributed by atoms with van der Waals surface area (Å²) in [6.07, 6.45) is 2.36. The van der Waals surface area contributed by atoms with E-state index in [2.05, 4.69) is 9.97 Å².